The molecule has 3 heterocycles. The molecule has 356 valence electrons. The van der Waals surface area contributed by atoms with Gasteiger partial charge in [0.05, 0.1) is 21.5 Å². The van der Waals surface area contributed by atoms with E-state index < -0.39 is 39.3 Å². The van der Waals surface area contributed by atoms with E-state index in [9.17, 15) is 20.1 Å². The van der Waals surface area contributed by atoms with E-state index >= 15 is 17.6 Å². The van der Waals surface area contributed by atoms with Crippen LogP contribution in [0.25, 0.3) is 34.5 Å². The van der Waals surface area contributed by atoms with Crippen LogP contribution in [0.5, 0.6) is 0 Å². The Morgan fingerprint density at radius 1 is 0.618 bits per heavy atom. The lowest BCUT2D eigenvalue weighted by atomic mass is 9.95. The van der Waals surface area contributed by atoms with Crippen molar-refractivity contribution in [3.63, 3.8) is 0 Å². The number of rotatable bonds is 23. The normalized spacial score (nSPS) is 13.1. The maximum atomic E-state index is 16.4. The summed E-state index contributed by atoms with van der Waals surface area (Å²) >= 11 is 2.78. The third-order valence-corrected chi connectivity index (χ3v) is 14.1. The average Bonchev–Trinajstić information content (AvgIpc) is 3.33. The van der Waals surface area contributed by atoms with Crippen molar-refractivity contribution < 1.29 is 27.2 Å². The number of benzene rings is 3. The Labute approximate surface area is 406 Å². The van der Waals surface area contributed by atoms with Crippen LogP contribution in [0, 0.1) is 56.4 Å². The van der Waals surface area contributed by atoms with Gasteiger partial charge in [0.2, 0.25) is 0 Å². The molecule has 13 heteroatoms. The molecule has 0 saturated carbocycles. The van der Waals surface area contributed by atoms with E-state index in [2.05, 4.69) is 9.80 Å². The van der Waals surface area contributed by atoms with Gasteiger partial charge in [-0.05, 0) is 61.6 Å². The van der Waals surface area contributed by atoms with Crippen molar-refractivity contribution in [1.82, 2.24) is 4.98 Å². The fourth-order valence-corrected chi connectivity index (χ4v) is 10.1. The summed E-state index contributed by atoms with van der Waals surface area (Å²) in [6.45, 7) is 4.69. The van der Waals surface area contributed by atoms with Gasteiger partial charge in [-0.15, -0.1) is 0 Å². The van der Waals surface area contributed by atoms with Gasteiger partial charge in [-0.25, -0.2) is 22.5 Å². The van der Waals surface area contributed by atoms with Crippen LogP contribution in [0.1, 0.15) is 128 Å². The molecule has 3 aromatic carbocycles. The first-order chi connectivity index (χ1) is 33.0. The van der Waals surface area contributed by atoms with Gasteiger partial charge in [-0.3, -0.25) is 9.59 Å². The minimum atomic E-state index is -1.84. The number of unbranched alkanes of at least 4 members (excludes halogenated alkanes) is 14. The van der Waals surface area contributed by atoms with Crippen molar-refractivity contribution >= 4 is 68.6 Å². The molecule has 0 unspecified atom stereocenters. The van der Waals surface area contributed by atoms with Crippen LogP contribution >= 0.6 is 23.5 Å². The number of nitrogens with zero attached hydrogens (tertiary/aromatic N) is 5. The molecule has 2 aliphatic heterocycles. The van der Waals surface area contributed by atoms with Crippen molar-refractivity contribution in [1.29, 1.82) is 10.5 Å². The predicted molar refractivity (Wildman–Crippen MR) is 270 cm³/mol. The molecule has 0 atom stereocenters. The Morgan fingerprint density at radius 2 is 1.09 bits per heavy atom. The van der Waals surface area contributed by atoms with Crippen molar-refractivity contribution in [2.75, 3.05) is 34.4 Å². The number of anilines is 2. The molecule has 1 aromatic heterocycles. The molecule has 0 spiro atoms. The van der Waals surface area contributed by atoms with Crippen LogP contribution in [0.15, 0.2) is 66.9 Å². The predicted octanol–water partition coefficient (Wildman–Crippen LogP) is 13.0. The maximum absolute atomic E-state index is 16.4. The summed E-state index contributed by atoms with van der Waals surface area (Å²) < 4.78 is 64.5. The molecule has 4 aromatic rings. The summed E-state index contributed by atoms with van der Waals surface area (Å²) in [5, 5.41) is 17.2. The summed E-state index contributed by atoms with van der Waals surface area (Å²) in [6, 6.07) is 19.7. The lowest BCUT2D eigenvalue weighted by molar-refractivity contribution is -0.109. The second-order valence-corrected chi connectivity index (χ2v) is 19.8. The number of allylic oxidation sites excluding steroid dienone is 2. The number of halogens is 4. The molecule has 0 bridgehead atoms. The second kappa shape index (κ2) is 26.2. The van der Waals surface area contributed by atoms with Gasteiger partial charge < -0.3 is 9.80 Å². The molecule has 0 fully saturated rings. The summed E-state index contributed by atoms with van der Waals surface area (Å²) in [5.41, 5.74) is 3.58. The Hall–Kier alpha value is -5.63. The highest BCUT2D eigenvalue weighted by Gasteiger charge is 2.25. The Bertz CT molecular complexity index is 2780. The molecule has 0 saturated heterocycles. The number of aromatic nitrogens is 1. The molecular formula is C55H59F4N5O2S2. The van der Waals surface area contributed by atoms with Crippen molar-refractivity contribution in [3.8, 4) is 23.3 Å². The molecule has 7 nitrogen and oxygen atoms in total. The first-order valence-corrected chi connectivity index (χ1v) is 25.8. The number of hydrogen-bond acceptors (Lipinski definition) is 9. The van der Waals surface area contributed by atoms with Crippen LogP contribution in [0.3, 0.4) is 0 Å². The molecule has 6 rings (SSSR count). The first kappa shape index (κ1) is 51.8. The quantitative estimate of drug-likeness (QED) is 0.0409. The third-order valence-electron chi connectivity index (χ3n) is 12.3. The van der Waals surface area contributed by atoms with Crippen LogP contribution in [0.2, 0.25) is 0 Å². The fourth-order valence-electron chi connectivity index (χ4n) is 8.84. The van der Waals surface area contributed by atoms with E-state index in [0.29, 0.717) is 23.0 Å². The van der Waals surface area contributed by atoms with Crippen LogP contribution in [-0.4, -0.2) is 39.8 Å². The molecule has 0 amide bonds. The Kier molecular flexibility index (Phi) is 20.0. The van der Waals surface area contributed by atoms with Gasteiger partial charge in [0.15, 0.2) is 33.5 Å². The highest BCUT2D eigenvalue weighted by atomic mass is 32.2. The van der Waals surface area contributed by atoms with E-state index in [1.807, 2.05) is 67.0 Å². The van der Waals surface area contributed by atoms with Gasteiger partial charge in [0.25, 0.3) is 0 Å². The number of hydrogen-bond donors (Lipinski definition) is 0. The number of carbonyl (C=O) groups is 2. The second-order valence-electron chi connectivity index (χ2n) is 17.3. The first-order valence-electron chi connectivity index (χ1n) is 23.9. The zero-order valence-corrected chi connectivity index (χ0v) is 40.7. The van der Waals surface area contributed by atoms with E-state index in [1.54, 1.807) is 19.9 Å². The van der Waals surface area contributed by atoms with Crippen LogP contribution < -0.4 is 20.4 Å². The van der Waals surface area contributed by atoms with Gasteiger partial charge in [0.1, 0.15) is 17.7 Å². The van der Waals surface area contributed by atoms with Gasteiger partial charge in [0, 0.05) is 84.1 Å². The van der Waals surface area contributed by atoms with Gasteiger partial charge in [-0.1, -0.05) is 137 Å². The Balaban J connectivity index is 1.31. The Morgan fingerprint density at radius 3 is 1.62 bits per heavy atom. The van der Waals surface area contributed by atoms with Crippen LogP contribution in [-0.2, 0) is 9.59 Å². The average molecular weight is 962 g/mol. The largest absolute Gasteiger partial charge is 0.347 e. The lowest BCUT2D eigenvalue weighted by Crippen LogP contribution is -2.29. The minimum Gasteiger partial charge on any atom is -0.347 e. The molecule has 68 heavy (non-hydrogen) atoms. The standard InChI is InChI=1S/C55H59F4N5O2S2/c1-38(65)67-31-21-13-9-5-3-7-11-19-28-63-30-27-40(42-23-15-17-25-48(42)63)33-46-45(51-54(58)52(56)50(41(35-60)36-61)53(57)55(51)59)34-44-43-24-16-18-26-49(43)64(37-47(44)62-46)29-20-12-8-4-6-10-14-22-32-68-39(2)66/h15-18,23-27,30,33-34,37H,3-14,19-22,28-29,31-32H2,1-2H3/b40-33+. The van der Waals surface area contributed by atoms with E-state index in [0.717, 1.165) is 130 Å². The highest BCUT2D eigenvalue weighted by Crippen LogP contribution is 2.36. The van der Waals surface area contributed by atoms with E-state index in [4.69, 9.17) is 4.98 Å². The number of pyridine rings is 1. The SMILES string of the molecule is CC(=O)SCCCCCCCCCCN1C=C/C(=C\c2nc3c(cc2=c2c(F)c(F)c(=C(C#N)C#N)c(F)c2F)-c2ccccc2N(CCCCCCCCCCSC(C)=O)C=3)c2ccccc21. The van der Waals surface area contributed by atoms with Crippen molar-refractivity contribution in [2.24, 2.45) is 0 Å². The minimum absolute atomic E-state index is 0.0776. The zero-order chi connectivity index (χ0) is 48.4. The number of carbonyl (C=O) groups excluding carboxylic acids is 2. The number of nitriles is 2. The number of para-hydroxylation sites is 2. The number of thioether (sulfide) groups is 2. The summed E-state index contributed by atoms with van der Waals surface area (Å²) in [7, 11) is 0. The summed E-state index contributed by atoms with van der Waals surface area (Å²) in [4.78, 5) is 31.7. The maximum Gasteiger partial charge on any atom is 0.185 e. The lowest BCUT2D eigenvalue weighted by Gasteiger charge is -2.28. The highest BCUT2D eigenvalue weighted by molar-refractivity contribution is 8.13. The fraction of sp³-hybridized carbons (Fsp3) is 0.400. The monoisotopic (exact) mass is 961 g/mol. The molecule has 2 aliphatic rings. The summed E-state index contributed by atoms with van der Waals surface area (Å²) in [6.07, 6.45) is 25.0. The smallest absolute Gasteiger partial charge is 0.185 e. The van der Waals surface area contributed by atoms with E-state index in [-0.39, 0.29) is 21.1 Å². The molecule has 0 N–H and O–H groups in total. The van der Waals surface area contributed by atoms with E-state index in [1.165, 1.54) is 54.6 Å². The molecular weight excluding hydrogens is 903 g/mol. The van der Waals surface area contributed by atoms with Crippen molar-refractivity contribution in [2.45, 2.75) is 117 Å². The molecule has 0 radical (unpaired) electrons. The zero-order valence-electron chi connectivity index (χ0n) is 39.0. The number of fused-ring (bicyclic) bond motifs is 4. The topological polar surface area (TPSA) is 101 Å². The molecule has 0 aliphatic carbocycles. The summed E-state index contributed by atoms with van der Waals surface area (Å²) in [5.74, 6) is -5.38. The van der Waals surface area contributed by atoms with Crippen molar-refractivity contribution in [3.05, 3.63) is 122 Å². The van der Waals surface area contributed by atoms with Gasteiger partial charge >= 0.3 is 0 Å². The van der Waals surface area contributed by atoms with Crippen LogP contribution in [0.4, 0.5) is 28.9 Å². The van der Waals surface area contributed by atoms with Gasteiger partial charge in [-0.2, -0.15) is 10.5 Å². The third kappa shape index (κ3) is 13.5.